The molecule has 0 amide bonds. The number of methoxy groups -OCH3 is 1. The number of piperazine rings is 1. The summed E-state index contributed by atoms with van der Waals surface area (Å²) in [6, 6.07) is 8.94. The van der Waals surface area contributed by atoms with Crippen LogP contribution in [0.5, 0.6) is 5.75 Å². The Bertz CT molecular complexity index is 440. The number of nitrogens with zero attached hydrogens (tertiary/aromatic N) is 2. The molecule has 0 aliphatic carbocycles. The molecule has 1 aliphatic rings. The Kier molecular flexibility index (Phi) is 7.86. The summed E-state index contributed by atoms with van der Waals surface area (Å²) in [4.78, 5) is 5.23. The van der Waals surface area contributed by atoms with Crippen LogP contribution in [0.25, 0.3) is 0 Å². The van der Waals surface area contributed by atoms with Crippen molar-refractivity contribution in [3.8, 4) is 5.75 Å². The standard InChI is InChI=1S/C19H33N3O/c1-4-12-22(13-5-2)18(16-21-14-10-20-11-15-21)17-8-6-7-9-19(17)23-3/h6-9,18,20H,4-5,10-16H2,1-3H3. The molecule has 1 aromatic carbocycles. The smallest absolute Gasteiger partial charge is 0.123 e. The Morgan fingerprint density at radius 2 is 1.78 bits per heavy atom. The maximum absolute atomic E-state index is 5.66. The molecule has 1 aromatic rings. The highest BCUT2D eigenvalue weighted by Crippen LogP contribution is 2.30. The highest BCUT2D eigenvalue weighted by molar-refractivity contribution is 5.36. The molecule has 1 heterocycles. The number of rotatable bonds is 9. The summed E-state index contributed by atoms with van der Waals surface area (Å²) in [5.41, 5.74) is 1.33. The highest BCUT2D eigenvalue weighted by Gasteiger charge is 2.25. The van der Waals surface area contributed by atoms with E-state index in [-0.39, 0.29) is 0 Å². The first kappa shape index (κ1) is 18.2. The van der Waals surface area contributed by atoms with Crippen LogP contribution in [-0.2, 0) is 0 Å². The third-order valence-electron chi connectivity index (χ3n) is 4.60. The van der Waals surface area contributed by atoms with Crippen molar-refractivity contribution in [3.05, 3.63) is 29.8 Å². The van der Waals surface area contributed by atoms with E-state index >= 15 is 0 Å². The molecule has 4 nitrogen and oxygen atoms in total. The van der Waals surface area contributed by atoms with Gasteiger partial charge in [0, 0.05) is 38.3 Å². The van der Waals surface area contributed by atoms with E-state index in [1.807, 2.05) is 0 Å². The van der Waals surface area contributed by atoms with Crippen LogP contribution in [0, 0.1) is 0 Å². The molecule has 0 saturated carbocycles. The van der Waals surface area contributed by atoms with Crippen molar-refractivity contribution in [3.63, 3.8) is 0 Å². The lowest BCUT2D eigenvalue weighted by Crippen LogP contribution is -2.47. The second-order valence-electron chi connectivity index (χ2n) is 6.34. The van der Waals surface area contributed by atoms with Gasteiger partial charge in [0.1, 0.15) is 5.75 Å². The zero-order valence-corrected chi connectivity index (χ0v) is 15.1. The van der Waals surface area contributed by atoms with Crippen molar-refractivity contribution in [1.29, 1.82) is 0 Å². The Morgan fingerprint density at radius 3 is 2.39 bits per heavy atom. The van der Waals surface area contributed by atoms with Crippen molar-refractivity contribution in [2.75, 3.05) is 52.9 Å². The normalized spacial score (nSPS) is 17.4. The fourth-order valence-corrected chi connectivity index (χ4v) is 3.49. The van der Waals surface area contributed by atoms with Gasteiger partial charge in [-0.05, 0) is 32.0 Å². The molecule has 4 heteroatoms. The van der Waals surface area contributed by atoms with Crippen LogP contribution in [0.15, 0.2) is 24.3 Å². The van der Waals surface area contributed by atoms with Gasteiger partial charge in [-0.3, -0.25) is 9.80 Å². The van der Waals surface area contributed by atoms with Crippen LogP contribution in [0.1, 0.15) is 38.3 Å². The molecular weight excluding hydrogens is 286 g/mol. The predicted molar refractivity (Wildman–Crippen MR) is 97.2 cm³/mol. The van der Waals surface area contributed by atoms with Gasteiger partial charge in [-0.15, -0.1) is 0 Å². The topological polar surface area (TPSA) is 27.7 Å². The van der Waals surface area contributed by atoms with Crippen molar-refractivity contribution in [2.45, 2.75) is 32.7 Å². The SMILES string of the molecule is CCCN(CCC)C(CN1CCNCC1)c1ccccc1OC. The molecular formula is C19H33N3O. The Labute approximate surface area is 141 Å². The molecule has 23 heavy (non-hydrogen) atoms. The molecule has 1 aliphatic heterocycles. The van der Waals surface area contributed by atoms with E-state index in [9.17, 15) is 0 Å². The highest BCUT2D eigenvalue weighted by atomic mass is 16.5. The molecule has 1 N–H and O–H groups in total. The minimum atomic E-state index is 0.407. The number of ether oxygens (including phenoxy) is 1. The predicted octanol–water partition coefficient (Wildman–Crippen LogP) is 2.76. The first-order chi connectivity index (χ1) is 11.3. The Balaban J connectivity index is 2.24. The lowest BCUT2D eigenvalue weighted by atomic mass is 10.0. The molecule has 0 radical (unpaired) electrons. The summed E-state index contributed by atoms with van der Waals surface area (Å²) in [7, 11) is 1.78. The van der Waals surface area contributed by atoms with E-state index in [1.165, 1.54) is 18.4 Å². The van der Waals surface area contributed by atoms with Gasteiger partial charge in [-0.25, -0.2) is 0 Å². The maximum atomic E-state index is 5.66. The van der Waals surface area contributed by atoms with Gasteiger partial charge in [0.2, 0.25) is 0 Å². The van der Waals surface area contributed by atoms with Crippen molar-refractivity contribution >= 4 is 0 Å². The second-order valence-corrected chi connectivity index (χ2v) is 6.34. The van der Waals surface area contributed by atoms with Crippen molar-refractivity contribution in [2.24, 2.45) is 0 Å². The van der Waals surface area contributed by atoms with Gasteiger partial charge in [-0.2, -0.15) is 0 Å². The fourth-order valence-electron chi connectivity index (χ4n) is 3.49. The number of nitrogens with one attached hydrogen (secondary N) is 1. The average Bonchev–Trinajstić information content (AvgIpc) is 2.60. The first-order valence-corrected chi connectivity index (χ1v) is 9.10. The van der Waals surface area contributed by atoms with E-state index in [0.717, 1.165) is 51.6 Å². The van der Waals surface area contributed by atoms with Gasteiger partial charge < -0.3 is 10.1 Å². The van der Waals surface area contributed by atoms with Crippen LogP contribution >= 0.6 is 0 Å². The summed E-state index contributed by atoms with van der Waals surface area (Å²) in [6.45, 7) is 12.4. The molecule has 0 spiro atoms. The summed E-state index contributed by atoms with van der Waals surface area (Å²) in [5, 5.41) is 3.45. The largest absolute Gasteiger partial charge is 0.496 e. The van der Waals surface area contributed by atoms with Crippen LogP contribution in [0.2, 0.25) is 0 Å². The molecule has 1 fully saturated rings. The van der Waals surface area contributed by atoms with E-state index < -0.39 is 0 Å². The molecule has 130 valence electrons. The maximum Gasteiger partial charge on any atom is 0.123 e. The third-order valence-corrected chi connectivity index (χ3v) is 4.60. The molecule has 0 aromatic heterocycles. The molecule has 2 rings (SSSR count). The summed E-state index contributed by atoms with van der Waals surface area (Å²) in [6.07, 6.45) is 2.38. The number of benzene rings is 1. The van der Waals surface area contributed by atoms with Crippen LogP contribution < -0.4 is 10.1 Å². The third kappa shape index (κ3) is 5.20. The minimum absolute atomic E-state index is 0.407. The van der Waals surface area contributed by atoms with Crippen molar-refractivity contribution in [1.82, 2.24) is 15.1 Å². The molecule has 1 atom stereocenters. The zero-order chi connectivity index (χ0) is 16.5. The zero-order valence-electron chi connectivity index (χ0n) is 15.1. The van der Waals surface area contributed by atoms with Gasteiger partial charge in [0.05, 0.1) is 13.2 Å². The van der Waals surface area contributed by atoms with E-state index in [1.54, 1.807) is 7.11 Å². The Morgan fingerprint density at radius 1 is 1.13 bits per heavy atom. The van der Waals surface area contributed by atoms with E-state index in [4.69, 9.17) is 4.74 Å². The second kappa shape index (κ2) is 9.91. The number of hydrogen-bond acceptors (Lipinski definition) is 4. The van der Waals surface area contributed by atoms with E-state index in [2.05, 4.69) is 53.2 Å². The monoisotopic (exact) mass is 319 g/mol. The van der Waals surface area contributed by atoms with Gasteiger partial charge in [-0.1, -0.05) is 32.0 Å². The summed E-state index contributed by atoms with van der Waals surface area (Å²) >= 11 is 0. The quantitative estimate of drug-likeness (QED) is 0.757. The van der Waals surface area contributed by atoms with Gasteiger partial charge >= 0.3 is 0 Å². The molecule has 0 bridgehead atoms. The first-order valence-electron chi connectivity index (χ1n) is 9.10. The van der Waals surface area contributed by atoms with Crippen molar-refractivity contribution < 1.29 is 4.74 Å². The van der Waals surface area contributed by atoms with E-state index in [0.29, 0.717) is 6.04 Å². The lowest BCUT2D eigenvalue weighted by molar-refractivity contribution is 0.127. The van der Waals surface area contributed by atoms with Crippen LogP contribution in [0.4, 0.5) is 0 Å². The summed E-state index contributed by atoms with van der Waals surface area (Å²) < 4.78 is 5.66. The average molecular weight is 319 g/mol. The molecule has 1 unspecified atom stereocenters. The fraction of sp³-hybridized carbons (Fsp3) is 0.684. The minimum Gasteiger partial charge on any atom is -0.496 e. The van der Waals surface area contributed by atoms with Gasteiger partial charge in [0.15, 0.2) is 0 Å². The lowest BCUT2D eigenvalue weighted by Gasteiger charge is -2.37. The van der Waals surface area contributed by atoms with Crippen LogP contribution in [-0.4, -0.2) is 62.7 Å². The van der Waals surface area contributed by atoms with Crippen LogP contribution in [0.3, 0.4) is 0 Å². The summed E-state index contributed by atoms with van der Waals surface area (Å²) in [5.74, 6) is 1.02. The molecule has 1 saturated heterocycles. The van der Waals surface area contributed by atoms with Gasteiger partial charge in [0.25, 0.3) is 0 Å². The number of hydrogen-bond donors (Lipinski definition) is 1. The Hall–Kier alpha value is -1.10. The number of para-hydroxylation sites is 1.